The van der Waals surface area contributed by atoms with Crippen molar-refractivity contribution in [3.05, 3.63) is 0 Å². The Morgan fingerprint density at radius 2 is 1.71 bits per heavy atom. The highest BCUT2D eigenvalue weighted by Gasteiger charge is 2.27. The van der Waals surface area contributed by atoms with Crippen LogP contribution in [0.4, 0.5) is 0 Å². The average Bonchev–Trinajstić information content (AvgIpc) is 2.13. The summed E-state index contributed by atoms with van der Waals surface area (Å²) in [6.45, 7) is 2.24. The molecule has 0 saturated carbocycles. The molecule has 1 fully saturated rings. The van der Waals surface area contributed by atoms with Crippen LogP contribution in [0, 0.1) is 0 Å². The molecule has 1 atom stereocenters. The number of unbranched alkanes of at least 4 members (excludes halogenated alkanes) is 6. The number of rotatable bonds is 8. The van der Waals surface area contributed by atoms with E-state index >= 15 is 0 Å². The molecule has 14 heavy (non-hydrogen) atoms. The molecule has 1 aliphatic rings. The quantitative estimate of drug-likeness (QED) is 0.441. The third kappa shape index (κ3) is 4.64. The smallest absolute Gasteiger partial charge is 0.309 e. The summed E-state index contributed by atoms with van der Waals surface area (Å²) in [5.41, 5.74) is 0. The molecule has 1 heterocycles. The van der Waals surface area contributed by atoms with Crippen LogP contribution in [0.3, 0.4) is 0 Å². The first-order valence-electron chi connectivity index (χ1n) is 6.02. The second-order valence-corrected chi connectivity index (χ2v) is 4.23. The van der Waals surface area contributed by atoms with Crippen molar-refractivity contribution >= 4 is 5.97 Å². The van der Waals surface area contributed by atoms with Crippen molar-refractivity contribution in [3.8, 4) is 0 Å². The number of ether oxygens (including phenoxy) is 1. The molecule has 82 valence electrons. The predicted octanol–water partition coefficient (Wildman–Crippen LogP) is 3.44. The van der Waals surface area contributed by atoms with Crippen LogP contribution in [-0.2, 0) is 9.53 Å². The normalized spacial score (nSPS) is 20.4. The highest BCUT2D eigenvalue weighted by atomic mass is 16.6. The molecule has 0 N–H and O–H groups in total. The highest BCUT2D eigenvalue weighted by Crippen LogP contribution is 2.20. The summed E-state index contributed by atoms with van der Waals surface area (Å²) < 4.78 is 4.95. The van der Waals surface area contributed by atoms with E-state index in [-0.39, 0.29) is 12.1 Å². The molecule has 0 aromatic rings. The first-order valence-corrected chi connectivity index (χ1v) is 6.02. The molecule has 0 aliphatic carbocycles. The summed E-state index contributed by atoms with van der Waals surface area (Å²) in [7, 11) is 0. The Bertz CT molecular complexity index is 158. The molecule has 0 radical (unpaired) electrons. The molecule has 0 bridgehead atoms. The van der Waals surface area contributed by atoms with Crippen molar-refractivity contribution in [2.24, 2.45) is 0 Å². The standard InChI is InChI=1S/C12H22O2/c1-2-3-4-5-6-7-8-9-11-10-12(13)14-11/h11H,2-10H2,1H3/t11-/m1/s1. The van der Waals surface area contributed by atoms with Crippen molar-refractivity contribution in [3.63, 3.8) is 0 Å². The lowest BCUT2D eigenvalue weighted by molar-refractivity contribution is -0.169. The lowest BCUT2D eigenvalue weighted by Gasteiger charge is -2.25. The van der Waals surface area contributed by atoms with Gasteiger partial charge in [-0.05, 0) is 12.8 Å². The minimum absolute atomic E-state index is 0.0158. The number of hydrogen-bond acceptors (Lipinski definition) is 2. The number of hydrogen-bond donors (Lipinski definition) is 0. The zero-order chi connectivity index (χ0) is 10.2. The van der Waals surface area contributed by atoms with Gasteiger partial charge in [0.2, 0.25) is 0 Å². The van der Waals surface area contributed by atoms with Gasteiger partial charge < -0.3 is 4.74 Å². The van der Waals surface area contributed by atoms with Gasteiger partial charge in [-0.3, -0.25) is 4.79 Å². The van der Waals surface area contributed by atoms with E-state index in [4.69, 9.17) is 4.74 Å². The fraction of sp³-hybridized carbons (Fsp3) is 0.917. The molecule has 1 rings (SSSR count). The van der Waals surface area contributed by atoms with Crippen LogP contribution in [0.15, 0.2) is 0 Å². The lowest BCUT2D eigenvalue weighted by atomic mass is 10.0. The zero-order valence-electron chi connectivity index (χ0n) is 9.26. The van der Waals surface area contributed by atoms with Crippen LogP contribution in [0.1, 0.15) is 64.7 Å². The van der Waals surface area contributed by atoms with Crippen LogP contribution in [-0.4, -0.2) is 12.1 Å². The van der Waals surface area contributed by atoms with Crippen LogP contribution >= 0.6 is 0 Å². The number of esters is 1. The average molecular weight is 198 g/mol. The maximum atomic E-state index is 10.5. The molecule has 0 spiro atoms. The van der Waals surface area contributed by atoms with Gasteiger partial charge in [0, 0.05) is 0 Å². The Morgan fingerprint density at radius 1 is 1.14 bits per heavy atom. The third-order valence-corrected chi connectivity index (χ3v) is 2.82. The van der Waals surface area contributed by atoms with Gasteiger partial charge in [-0.15, -0.1) is 0 Å². The van der Waals surface area contributed by atoms with E-state index in [1.807, 2.05) is 0 Å². The summed E-state index contributed by atoms with van der Waals surface area (Å²) in [4.78, 5) is 10.5. The maximum Gasteiger partial charge on any atom is 0.309 e. The van der Waals surface area contributed by atoms with Gasteiger partial charge in [-0.2, -0.15) is 0 Å². The monoisotopic (exact) mass is 198 g/mol. The summed E-state index contributed by atoms with van der Waals surface area (Å²) in [6, 6.07) is 0. The molecule has 1 saturated heterocycles. The Morgan fingerprint density at radius 3 is 2.29 bits per heavy atom. The third-order valence-electron chi connectivity index (χ3n) is 2.82. The van der Waals surface area contributed by atoms with Crippen molar-refractivity contribution in [1.82, 2.24) is 0 Å². The first-order chi connectivity index (χ1) is 6.83. The van der Waals surface area contributed by atoms with Crippen molar-refractivity contribution in [1.29, 1.82) is 0 Å². The summed E-state index contributed by atoms with van der Waals surface area (Å²) in [6.07, 6.45) is 11.3. The van der Waals surface area contributed by atoms with Crippen LogP contribution < -0.4 is 0 Å². The van der Waals surface area contributed by atoms with E-state index in [2.05, 4.69) is 6.92 Å². The topological polar surface area (TPSA) is 26.3 Å². The minimum atomic E-state index is -0.0158. The van der Waals surface area contributed by atoms with Crippen LogP contribution in [0.5, 0.6) is 0 Å². The number of cyclic esters (lactones) is 1. The second kappa shape index (κ2) is 6.86. The summed E-state index contributed by atoms with van der Waals surface area (Å²) >= 11 is 0. The van der Waals surface area contributed by atoms with Gasteiger partial charge >= 0.3 is 5.97 Å². The number of carbonyl (C=O) groups excluding carboxylic acids is 1. The highest BCUT2D eigenvalue weighted by molar-refractivity contribution is 5.75. The Kier molecular flexibility index (Phi) is 5.65. The van der Waals surface area contributed by atoms with E-state index in [0.29, 0.717) is 6.42 Å². The summed E-state index contributed by atoms with van der Waals surface area (Å²) in [5.74, 6) is -0.0158. The van der Waals surface area contributed by atoms with Gasteiger partial charge in [0.1, 0.15) is 6.10 Å². The fourth-order valence-electron chi connectivity index (χ4n) is 1.85. The predicted molar refractivity (Wildman–Crippen MR) is 57.1 cm³/mol. The Labute approximate surface area is 87.0 Å². The molecule has 0 amide bonds. The van der Waals surface area contributed by atoms with Gasteiger partial charge in [-0.1, -0.05) is 45.4 Å². The minimum Gasteiger partial charge on any atom is -0.462 e. The molecular formula is C12H22O2. The first kappa shape index (κ1) is 11.5. The van der Waals surface area contributed by atoms with E-state index in [1.54, 1.807) is 0 Å². The van der Waals surface area contributed by atoms with Gasteiger partial charge in [-0.25, -0.2) is 0 Å². The van der Waals surface area contributed by atoms with Crippen molar-refractivity contribution in [2.45, 2.75) is 70.8 Å². The molecule has 2 heteroatoms. The second-order valence-electron chi connectivity index (χ2n) is 4.23. The molecule has 0 aromatic heterocycles. The Hall–Kier alpha value is -0.530. The molecule has 1 aliphatic heterocycles. The Balaban J connectivity index is 1.74. The van der Waals surface area contributed by atoms with Crippen LogP contribution in [0.2, 0.25) is 0 Å². The van der Waals surface area contributed by atoms with E-state index in [9.17, 15) is 4.79 Å². The molecular weight excluding hydrogens is 176 g/mol. The largest absolute Gasteiger partial charge is 0.462 e. The SMILES string of the molecule is CCCCCCCCC[C@@H]1CC(=O)O1. The van der Waals surface area contributed by atoms with Crippen LogP contribution in [0.25, 0.3) is 0 Å². The van der Waals surface area contributed by atoms with Gasteiger partial charge in [0.05, 0.1) is 6.42 Å². The lowest BCUT2D eigenvalue weighted by Crippen LogP contribution is -2.32. The van der Waals surface area contributed by atoms with E-state index in [0.717, 1.165) is 6.42 Å². The fourth-order valence-corrected chi connectivity index (χ4v) is 1.85. The zero-order valence-corrected chi connectivity index (χ0v) is 9.26. The molecule has 0 unspecified atom stereocenters. The van der Waals surface area contributed by atoms with E-state index in [1.165, 1.54) is 44.9 Å². The molecule has 2 nitrogen and oxygen atoms in total. The van der Waals surface area contributed by atoms with Crippen molar-refractivity contribution < 1.29 is 9.53 Å². The van der Waals surface area contributed by atoms with Crippen molar-refractivity contribution in [2.75, 3.05) is 0 Å². The maximum absolute atomic E-state index is 10.5. The number of carbonyl (C=O) groups is 1. The van der Waals surface area contributed by atoms with Gasteiger partial charge in [0.15, 0.2) is 0 Å². The summed E-state index contributed by atoms with van der Waals surface area (Å²) in [5, 5.41) is 0. The van der Waals surface area contributed by atoms with Gasteiger partial charge in [0.25, 0.3) is 0 Å². The molecule has 0 aromatic carbocycles. The van der Waals surface area contributed by atoms with E-state index < -0.39 is 0 Å².